The van der Waals surface area contributed by atoms with Crippen LogP contribution in [0.1, 0.15) is 19.4 Å². The molecule has 1 aromatic carbocycles. The average Bonchev–Trinajstić information content (AvgIpc) is 2.47. The Balaban J connectivity index is 2.16. The number of hydrogen-bond acceptors (Lipinski definition) is 4. The van der Waals surface area contributed by atoms with Crippen molar-refractivity contribution in [3.63, 3.8) is 0 Å². The van der Waals surface area contributed by atoms with Gasteiger partial charge in [-0.15, -0.1) is 6.58 Å². The molecule has 122 valence electrons. The van der Waals surface area contributed by atoms with Crippen LogP contribution in [0, 0.1) is 0 Å². The van der Waals surface area contributed by atoms with Gasteiger partial charge in [0.05, 0.1) is 18.8 Å². The van der Waals surface area contributed by atoms with E-state index in [1.807, 2.05) is 6.08 Å². The number of para-hydroxylation sites is 1. The number of hydrogen-bond donors (Lipinski definition) is 1. The highest BCUT2D eigenvalue weighted by Gasteiger charge is 2.24. The number of anilines is 1. The van der Waals surface area contributed by atoms with Crippen molar-refractivity contribution in [2.24, 2.45) is 0 Å². The van der Waals surface area contributed by atoms with Crippen molar-refractivity contribution in [1.29, 1.82) is 0 Å². The summed E-state index contributed by atoms with van der Waals surface area (Å²) < 4.78 is 5.84. The number of aliphatic hydroxyl groups excluding tert-OH is 1. The predicted molar refractivity (Wildman–Crippen MR) is 91.2 cm³/mol. The average molecular weight is 304 g/mol. The first-order chi connectivity index (χ1) is 10.6. The maximum Gasteiger partial charge on any atom is 0.0726 e. The monoisotopic (exact) mass is 304 g/mol. The molecule has 0 aliphatic carbocycles. The Morgan fingerprint density at radius 1 is 1.32 bits per heavy atom. The van der Waals surface area contributed by atoms with E-state index in [4.69, 9.17) is 4.74 Å². The molecule has 0 radical (unpaired) electrons. The van der Waals surface area contributed by atoms with Crippen molar-refractivity contribution in [2.75, 3.05) is 37.7 Å². The fraction of sp³-hybridized carbons (Fsp3) is 0.556. The molecular formula is C18H28N2O2. The highest BCUT2D eigenvalue weighted by atomic mass is 16.5. The largest absolute Gasteiger partial charge is 0.395 e. The maximum atomic E-state index is 9.23. The molecule has 0 spiro atoms. The molecule has 4 heteroatoms. The molecule has 1 saturated heterocycles. The molecule has 1 heterocycles. The molecule has 1 aliphatic rings. The molecule has 2 atom stereocenters. The summed E-state index contributed by atoms with van der Waals surface area (Å²) in [6.07, 6.45) is 2.38. The first-order valence-corrected chi connectivity index (χ1v) is 8.06. The van der Waals surface area contributed by atoms with E-state index < -0.39 is 0 Å². The van der Waals surface area contributed by atoms with E-state index in [1.54, 1.807) is 0 Å². The van der Waals surface area contributed by atoms with Gasteiger partial charge in [0, 0.05) is 38.4 Å². The Bertz CT molecular complexity index is 468. The van der Waals surface area contributed by atoms with Crippen LogP contribution in [0.2, 0.25) is 0 Å². The van der Waals surface area contributed by atoms with Crippen LogP contribution in [0.5, 0.6) is 0 Å². The minimum absolute atomic E-state index is 0.168. The molecule has 22 heavy (non-hydrogen) atoms. The number of benzene rings is 1. The molecule has 4 nitrogen and oxygen atoms in total. The van der Waals surface area contributed by atoms with Gasteiger partial charge in [0.1, 0.15) is 0 Å². The van der Waals surface area contributed by atoms with Crippen LogP contribution in [-0.2, 0) is 11.3 Å². The zero-order valence-corrected chi connectivity index (χ0v) is 13.7. The predicted octanol–water partition coefficient (Wildman–Crippen LogP) is 2.28. The second-order valence-electron chi connectivity index (χ2n) is 6.04. The Hall–Kier alpha value is -1.36. The van der Waals surface area contributed by atoms with E-state index >= 15 is 0 Å². The second kappa shape index (κ2) is 8.32. The van der Waals surface area contributed by atoms with Crippen LogP contribution in [0.15, 0.2) is 36.9 Å². The van der Waals surface area contributed by atoms with Gasteiger partial charge in [-0.1, -0.05) is 24.3 Å². The van der Waals surface area contributed by atoms with Crippen LogP contribution in [0.3, 0.4) is 0 Å². The van der Waals surface area contributed by atoms with Crippen LogP contribution in [-0.4, -0.2) is 55.0 Å². The van der Waals surface area contributed by atoms with E-state index in [9.17, 15) is 5.11 Å². The molecule has 1 N–H and O–H groups in total. The van der Waals surface area contributed by atoms with Gasteiger partial charge in [-0.25, -0.2) is 0 Å². The molecule has 0 aromatic heterocycles. The number of morpholine rings is 1. The third-order valence-corrected chi connectivity index (χ3v) is 3.95. The minimum atomic E-state index is 0.168. The van der Waals surface area contributed by atoms with E-state index in [1.165, 1.54) is 11.3 Å². The lowest BCUT2D eigenvalue weighted by molar-refractivity contribution is -0.00529. The molecule has 2 unspecified atom stereocenters. The van der Waals surface area contributed by atoms with Crippen LogP contribution in [0.4, 0.5) is 5.69 Å². The summed E-state index contributed by atoms with van der Waals surface area (Å²) >= 11 is 0. The SMILES string of the molecule is C=CCN(CCO)Cc1ccccc1N1CC(C)OC(C)C1. The smallest absolute Gasteiger partial charge is 0.0726 e. The number of nitrogens with zero attached hydrogens (tertiary/aromatic N) is 2. The van der Waals surface area contributed by atoms with Crippen molar-refractivity contribution in [1.82, 2.24) is 4.90 Å². The molecule has 2 rings (SSSR count). The van der Waals surface area contributed by atoms with Gasteiger partial charge in [0.15, 0.2) is 0 Å². The summed E-state index contributed by atoms with van der Waals surface area (Å²) in [6.45, 7) is 12.3. The van der Waals surface area contributed by atoms with E-state index in [0.717, 1.165) is 26.2 Å². The van der Waals surface area contributed by atoms with Gasteiger partial charge in [0.2, 0.25) is 0 Å². The molecule has 0 bridgehead atoms. The van der Waals surface area contributed by atoms with E-state index in [-0.39, 0.29) is 18.8 Å². The van der Waals surface area contributed by atoms with Crippen molar-refractivity contribution < 1.29 is 9.84 Å². The Morgan fingerprint density at radius 2 is 2.00 bits per heavy atom. The third-order valence-electron chi connectivity index (χ3n) is 3.95. The van der Waals surface area contributed by atoms with Crippen molar-refractivity contribution in [2.45, 2.75) is 32.6 Å². The molecule has 0 amide bonds. The van der Waals surface area contributed by atoms with Crippen molar-refractivity contribution in [3.8, 4) is 0 Å². The van der Waals surface area contributed by atoms with E-state index in [0.29, 0.717) is 6.54 Å². The first kappa shape index (κ1) is 17.0. The van der Waals surface area contributed by atoms with Gasteiger partial charge in [-0.2, -0.15) is 0 Å². The van der Waals surface area contributed by atoms with Gasteiger partial charge in [0.25, 0.3) is 0 Å². The van der Waals surface area contributed by atoms with Crippen molar-refractivity contribution in [3.05, 3.63) is 42.5 Å². The Labute approximate surface area is 134 Å². The molecular weight excluding hydrogens is 276 g/mol. The number of rotatable bonds is 7. The summed E-state index contributed by atoms with van der Waals surface area (Å²) in [5, 5.41) is 9.23. The first-order valence-electron chi connectivity index (χ1n) is 8.06. The zero-order chi connectivity index (χ0) is 15.9. The third kappa shape index (κ3) is 4.57. The minimum Gasteiger partial charge on any atom is -0.395 e. The normalized spacial score (nSPS) is 22.1. The number of aliphatic hydroxyl groups is 1. The molecule has 0 saturated carbocycles. The van der Waals surface area contributed by atoms with Gasteiger partial charge < -0.3 is 14.7 Å². The quantitative estimate of drug-likeness (QED) is 0.784. The van der Waals surface area contributed by atoms with Crippen LogP contribution < -0.4 is 4.90 Å². The lowest BCUT2D eigenvalue weighted by Crippen LogP contribution is -2.46. The molecule has 1 fully saturated rings. The maximum absolute atomic E-state index is 9.23. The highest BCUT2D eigenvalue weighted by molar-refractivity contribution is 5.54. The zero-order valence-electron chi connectivity index (χ0n) is 13.7. The Morgan fingerprint density at radius 3 is 2.64 bits per heavy atom. The standard InChI is InChI=1S/C18H28N2O2/c1-4-9-19(10-11-21)14-17-7-5-6-8-18(17)20-12-15(2)22-16(3)13-20/h4-8,15-16,21H,1,9-14H2,2-3H3. The summed E-state index contributed by atoms with van der Waals surface area (Å²) in [4.78, 5) is 4.62. The van der Waals surface area contributed by atoms with Crippen LogP contribution >= 0.6 is 0 Å². The Kier molecular flexibility index (Phi) is 6.43. The van der Waals surface area contributed by atoms with Crippen molar-refractivity contribution >= 4 is 5.69 Å². The highest BCUT2D eigenvalue weighted by Crippen LogP contribution is 2.25. The summed E-state index contributed by atoms with van der Waals surface area (Å²) in [5.74, 6) is 0. The van der Waals surface area contributed by atoms with Crippen LogP contribution in [0.25, 0.3) is 0 Å². The van der Waals surface area contributed by atoms with Gasteiger partial charge in [-0.05, 0) is 25.5 Å². The molecule has 1 aromatic rings. The lowest BCUT2D eigenvalue weighted by Gasteiger charge is -2.38. The second-order valence-corrected chi connectivity index (χ2v) is 6.04. The lowest BCUT2D eigenvalue weighted by atomic mass is 10.1. The van der Waals surface area contributed by atoms with Gasteiger partial charge >= 0.3 is 0 Å². The van der Waals surface area contributed by atoms with Gasteiger partial charge in [-0.3, -0.25) is 4.90 Å². The fourth-order valence-electron chi connectivity index (χ4n) is 3.13. The summed E-state index contributed by atoms with van der Waals surface area (Å²) in [7, 11) is 0. The summed E-state index contributed by atoms with van der Waals surface area (Å²) in [6, 6.07) is 8.53. The fourth-order valence-corrected chi connectivity index (χ4v) is 3.13. The summed E-state index contributed by atoms with van der Waals surface area (Å²) in [5.41, 5.74) is 2.57. The molecule has 1 aliphatic heterocycles. The van der Waals surface area contributed by atoms with E-state index in [2.05, 4.69) is 54.5 Å². The number of ether oxygens (including phenoxy) is 1. The topological polar surface area (TPSA) is 35.9 Å².